The van der Waals surface area contributed by atoms with E-state index >= 15 is 0 Å². The van der Waals surface area contributed by atoms with E-state index in [-0.39, 0.29) is 5.04 Å². The van der Waals surface area contributed by atoms with Crippen molar-refractivity contribution in [1.82, 2.24) is 10.4 Å². The predicted octanol–water partition coefficient (Wildman–Crippen LogP) is 10.7. The van der Waals surface area contributed by atoms with Crippen LogP contribution in [-0.4, -0.2) is 49.4 Å². The van der Waals surface area contributed by atoms with Crippen molar-refractivity contribution in [3.63, 3.8) is 0 Å². The zero-order valence-corrected chi connectivity index (χ0v) is 33.8. The van der Waals surface area contributed by atoms with Crippen molar-refractivity contribution in [2.75, 3.05) is 6.54 Å². The van der Waals surface area contributed by atoms with E-state index < -0.39 is 31.7 Å². The van der Waals surface area contributed by atoms with E-state index in [1.807, 2.05) is 41.5 Å². The highest BCUT2D eigenvalue weighted by Gasteiger charge is 2.61. The molecule has 2 amide bonds. The van der Waals surface area contributed by atoms with E-state index in [0.29, 0.717) is 35.3 Å². The molecule has 1 N–H and O–H groups in total. The molecule has 4 saturated carbocycles. The topological polar surface area (TPSA) is 77.1 Å². The van der Waals surface area contributed by atoms with Gasteiger partial charge in [0, 0.05) is 12.6 Å². The first-order chi connectivity index (χ1) is 21.4. The molecule has 4 aliphatic carbocycles. The highest BCUT2D eigenvalue weighted by Crippen LogP contribution is 2.68. The lowest BCUT2D eigenvalue weighted by Crippen LogP contribution is -2.55. The third-order valence-electron chi connectivity index (χ3n) is 13.7. The van der Waals surface area contributed by atoms with E-state index in [1.165, 1.54) is 62.8 Å². The Morgan fingerprint density at radius 2 is 1.43 bits per heavy atom. The molecule has 272 valence electrons. The van der Waals surface area contributed by atoms with E-state index in [4.69, 9.17) is 13.9 Å². The number of nitrogens with one attached hydrogen (secondary N) is 1. The van der Waals surface area contributed by atoms with Crippen LogP contribution in [0.4, 0.5) is 9.59 Å². The van der Waals surface area contributed by atoms with Gasteiger partial charge in [-0.05, 0) is 170 Å². The number of carbonyl (C=O) groups is 2. The second kappa shape index (κ2) is 13.4. The van der Waals surface area contributed by atoms with Gasteiger partial charge in [-0.3, -0.25) is 0 Å². The van der Waals surface area contributed by atoms with Crippen molar-refractivity contribution in [3.05, 3.63) is 0 Å². The molecule has 4 aliphatic rings. The Hall–Kier alpha value is -1.28. The SMILES string of the molecule is C[C@H](CCN(NC(=O)OC(C)(C)C)C(=O)OC(C)(C)C)[C@H]1CC[C@H]2[C@@H]3CC[C@@H]4C[C@H](O[Si](C)(C)C(C)(C)C)CC[C@]4(C)[C@H]3CC[C@]12C. The zero-order valence-electron chi connectivity index (χ0n) is 32.8. The maximum atomic E-state index is 13.1. The summed E-state index contributed by atoms with van der Waals surface area (Å²) in [6, 6.07) is 0. The molecule has 4 fully saturated rings. The monoisotopic (exact) mass is 677 g/mol. The van der Waals surface area contributed by atoms with Crippen molar-refractivity contribution in [3.8, 4) is 0 Å². The molecule has 0 aromatic heterocycles. The number of ether oxygens (including phenoxy) is 2. The third kappa shape index (κ3) is 8.55. The maximum Gasteiger partial charge on any atom is 0.429 e. The van der Waals surface area contributed by atoms with Crippen LogP contribution in [0.2, 0.25) is 18.1 Å². The first kappa shape index (κ1) is 38.5. The normalized spacial score (nSPS) is 35.2. The van der Waals surface area contributed by atoms with Crippen LogP contribution in [0.3, 0.4) is 0 Å². The van der Waals surface area contributed by atoms with Gasteiger partial charge >= 0.3 is 12.2 Å². The lowest BCUT2D eigenvalue weighted by atomic mass is 9.44. The zero-order chi connectivity index (χ0) is 35.4. The van der Waals surface area contributed by atoms with E-state index in [2.05, 4.69) is 60.1 Å². The number of hydrogen-bond donors (Lipinski definition) is 1. The average molecular weight is 677 g/mol. The predicted molar refractivity (Wildman–Crippen MR) is 193 cm³/mol. The van der Waals surface area contributed by atoms with Crippen LogP contribution in [0.15, 0.2) is 0 Å². The van der Waals surface area contributed by atoms with Crippen LogP contribution in [0.25, 0.3) is 0 Å². The standard InChI is InChI=1S/C39H72N2O5Si/c1-26(21-24-41(34(43)45-36(5,6)7)40-33(42)44-35(2,3)4)30-17-18-31-29-16-15-27-25-28(46-47(13,14)37(8,9)10)19-22-38(27,11)32(29)20-23-39(30,31)12/h26-32H,15-25H2,1-14H3,(H,40,42)/t26-,27-,28-,29+,30-,31+,32+,38+,39-/m1/s1. The van der Waals surface area contributed by atoms with Crippen molar-refractivity contribution in [2.45, 2.75) is 183 Å². The summed E-state index contributed by atoms with van der Waals surface area (Å²) in [7, 11) is -1.76. The summed E-state index contributed by atoms with van der Waals surface area (Å²) in [6.07, 6.45) is 11.9. The second-order valence-electron chi connectivity index (χ2n) is 20.2. The Bertz CT molecular complexity index is 1120. The molecule has 47 heavy (non-hydrogen) atoms. The lowest BCUT2D eigenvalue weighted by molar-refractivity contribution is -0.128. The molecule has 0 aromatic carbocycles. The fourth-order valence-corrected chi connectivity index (χ4v) is 11.8. The largest absolute Gasteiger partial charge is 0.443 e. The number of amides is 2. The van der Waals surface area contributed by atoms with Gasteiger partial charge in [0.2, 0.25) is 0 Å². The third-order valence-corrected chi connectivity index (χ3v) is 18.2. The van der Waals surface area contributed by atoms with Gasteiger partial charge in [0.25, 0.3) is 0 Å². The Labute approximate surface area is 289 Å². The molecule has 7 nitrogen and oxygen atoms in total. The van der Waals surface area contributed by atoms with Gasteiger partial charge in [0.1, 0.15) is 11.2 Å². The molecule has 0 aliphatic heterocycles. The molecule has 0 saturated heterocycles. The second-order valence-corrected chi connectivity index (χ2v) is 24.9. The van der Waals surface area contributed by atoms with Crippen molar-refractivity contribution in [1.29, 1.82) is 0 Å². The Morgan fingerprint density at radius 3 is 2.02 bits per heavy atom. The minimum Gasteiger partial charge on any atom is -0.443 e. The number of hydrogen-bond acceptors (Lipinski definition) is 5. The Morgan fingerprint density at radius 1 is 0.830 bits per heavy atom. The van der Waals surface area contributed by atoms with Gasteiger partial charge in [0.05, 0.1) is 0 Å². The molecule has 4 rings (SSSR count). The molecule has 0 unspecified atom stereocenters. The van der Waals surface area contributed by atoms with Gasteiger partial charge in [-0.15, -0.1) is 0 Å². The van der Waals surface area contributed by atoms with E-state index in [9.17, 15) is 9.59 Å². The highest BCUT2D eigenvalue weighted by molar-refractivity contribution is 6.74. The van der Waals surface area contributed by atoms with Crippen LogP contribution in [0, 0.1) is 46.3 Å². The average Bonchev–Trinajstić information content (AvgIpc) is 3.25. The smallest absolute Gasteiger partial charge is 0.429 e. The number of carbonyl (C=O) groups excluding carboxylic acids is 2. The van der Waals surface area contributed by atoms with Gasteiger partial charge in [-0.25, -0.2) is 20.0 Å². The van der Waals surface area contributed by atoms with E-state index in [0.717, 1.165) is 30.1 Å². The summed E-state index contributed by atoms with van der Waals surface area (Å²) in [4.78, 5) is 25.8. The fourth-order valence-electron chi connectivity index (χ4n) is 10.3. The number of hydrazine groups is 1. The quantitative estimate of drug-likeness (QED) is 0.224. The Balaban J connectivity index is 1.40. The Kier molecular flexibility index (Phi) is 11.0. The summed E-state index contributed by atoms with van der Waals surface area (Å²) in [5.74, 6) is 4.30. The number of rotatable bonds is 6. The van der Waals surface area contributed by atoms with Gasteiger partial charge in [-0.1, -0.05) is 41.5 Å². The molecule has 9 atom stereocenters. The van der Waals surface area contributed by atoms with Crippen molar-refractivity contribution in [2.24, 2.45) is 46.3 Å². The fraction of sp³-hybridized carbons (Fsp3) is 0.949. The molecule has 0 radical (unpaired) electrons. The summed E-state index contributed by atoms with van der Waals surface area (Å²) in [5, 5.41) is 1.59. The first-order valence-corrected chi connectivity index (χ1v) is 21.9. The summed E-state index contributed by atoms with van der Waals surface area (Å²) in [5.41, 5.74) is 2.16. The summed E-state index contributed by atoms with van der Waals surface area (Å²) < 4.78 is 18.1. The minimum atomic E-state index is -1.76. The van der Waals surface area contributed by atoms with Gasteiger partial charge in [-0.2, -0.15) is 0 Å². The number of nitrogens with zero attached hydrogens (tertiary/aromatic N) is 1. The first-order valence-electron chi connectivity index (χ1n) is 19.0. The molecule has 0 bridgehead atoms. The minimum absolute atomic E-state index is 0.262. The van der Waals surface area contributed by atoms with Crippen LogP contribution in [0.5, 0.6) is 0 Å². The van der Waals surface area contributed by atoms with Crippen LogP contribution in [0.1, 0.15) is 147 Å². The van der Waals surface area contributed by atoms with Crippen LogP contribution >= 0.6 is 0 Å². The van der Waals surface area contributed by atoms with E-state index in [1.54, 1.807) is 0 Å². The molecular weight excluding hydrogens is 605 g/mol. The van der Waals surface area contributed by atoms with Crippen molar-refractivity contribution >= 4 is 20.5 Å². The summed E-state index contributed by atoms with van der Waals surface area (Å²) >= 11 is 0. The molecule has 8 heteroatoms. The van der Waals surface area contributed by atoms with Crippen LogP contribution in [-0.2, 0) is 13.9 Å². The molecular formula is C39H72N2O5Si. The molecule has 0 heterocycles. The lowest BCUT2D eigenvalue weighted by Gasteiger charge is -2.61. The van der Waals surface area contributed by atoms with Gasteiger partial charge < -0.3 is 13.9 Å². The summed E-state index contributed by atoms with van der Waals surface area (Å²) in [6.45, 7) is 31.0. The molecule has 0 spiro atoms. The number of fused-ring (bicyclic) bond motifs is 5. The highest BCUT2D eigenvalue weighted by atomic mass is 28.4. The molecule has 0 aromatic rings. The maximum absolute atomic E-state index is 13.1. The van der Waals surface area contributed by atoms with Gasteiger partial charge in [0.15, 0.2) is 8.32 Å². The van der Waals surface area contributed by atoms with Crippen molar-refractivity contribution < 1.29 is 23.5 Å². The van der Waals surface area contributed by atoms with Crippen LogP contribution < -0.4 is 5.43 Å².